The highest BCUT2D eigenvalue weighted by atomic mass is 35.5. The summed E-state index contributed by atoms with van der Waals surface area (Å²) in [6, 6.07) is 15.6. The molecule has 0 aliphatic rings. The molecule has 0 aliphatic carbocycles. The molecule has 0 spiro atoms. The lowest BCUT2D eigenvalue weighted by molar-refractivity contribution is -0.117. The van der Waals surface area contributed by atoms with Crippen LogP contribution in [-0.4, -0.2) is 23.3 Å². The van der Waals surface area contributed by atoms with Gasteiger partial charge in [0.25, 0.3) is 5.91 Å². The summed E-state index contributed by atoms with van der Waals surface area (Å²) in [5.74, 6) is -2.52. The summed E-state index contributed by atoms with van der Waals surface area (Å²) in [4.78, 5) is 26.7. The van der Waals surface area contributed by atoms with E-state index in [0.717, 1.165) is 18.2 Å². The molecule has 3 aromatic rings. The number of hydrogen-bond donors (Lipinski definition) is 1. The molecule has 4 nitrogen and oxygen atoms in total. The number of amides is 2. The third-order valence-electron chi connectivity index (χ3n) is 4.12. The summed E-state index contributed by atoms with van der Waals surface area (Å²) in [5.41, 5.74) is 0.959. The molecule has 3 rings (SSSR count). The van der Waals surface area contributed by atoms with Crippen molar-refractivity contribution in [3.8, 4) is 0 Å². The first kappa shape index (κ1) is 21.7. The van der Waals surface area contributed by atoms with Gasteiger partial charge in [0.15, 0.2) is 0 Å². The molecule has 0 saturated carbocycles. The highest BCUT2D eigenvalue weighted by molar-refractivity contribution is 6.31. The third kappa shape index (κ3) is 6.02. The largest absolute Gasteiger partial charge is 0.325 e. The van der Waals surface area contributed by atoms with Crippen LogP contribution in [0.2, 0.25) is 10.0 Å². The minimum absolute atomic E-state index is 0.168. The smallest absolute Gasteiger partial charge is 0.254 e. The van der Waals surface area contributed by atoms with E-state index in [0.29, 0.717) is 15.7 Å². The zero-order chi connectivity index (χ0) is 21.7. The Morgan fingerprint density at radius 1 is 0.867 bits per heavy atom. The lowest BCUT2D eigenvalue weighted by Crippen LogP contribution is -2.37. The molecule has 3 aromatic carbocycles. The molecule has 0 unspecified atom stereocenters. The van der Waals surface area contributed by atoms with Crippen LogP contribution in [0, 0.1) is 11.6 Å². The van der Waals surface area contributed by atoms with Crippen LogP contribution in [0.1, 0.15) is 15.9 Å². The van der Waals surface area contributed by atoms with Crippen molar-refractivity contribution in [3.63, 3.8) is 0 Å². The summed E-state index contributed by atoms with van der Waals surface area (Å²) >= 11 is 11.8. The van der Waals surface area contributed by atoms with Crippen LogP contribution in [0.4, 0.5) is 14.5 Å². The second-order valence-electron chi connectivity index (χ2n) is 6.50. The van der Waals surface area contributed by atoms with Crippen LogP contribution in [0.25, 0.3) is 0 Å². The number of nitrogens with zero attached hydrogens (tertiary/aromatic N) is 1. The van der Waals surface area contributed by atoms with Gasteiger partial charge in [0.1, 0.15) is 18.2 Å². The molecule has 154 valence electrons. The van der Waals surface area contributed by atoms with Gasteiger partial charge in [0.05, 0.1) is 0 Å². The molecule has 0 aromatic heterocycles. The zero-order valence-corrected chi connectivity index (χ0v) is 17.1. The van der Waals surface area contributed by atoms with Gasteiger partial charge in [0.2, 0.25) is 5.91 Å². The predicted octanol–water partition coefficient (Wildman–Crippen LogP) is 5.55. The number of carbonyl (C=O) groups excluding carboxylic acids is 2. The van der Waals surface area contributed by atoms with Gasteiger partial charge in [-0.05, 0) is 60.2 Å². The van der Waals surface area contributed by atoms with Gasteiger partial charge in [0, 0.05) is 33.9 Å². The Kier molecular flexibility index (Phi) is 7.03. The zero-order valence-electron chi connectivity index (χ0n) is 15.5. The number of rotatable bonds is 6. The maximum atomic E-state index is 13.6. The average molecular weight is 449 g/mol. The summed E-state index contributed by atoms with van der Waals surface area (Å²) in [6.45, 7) is -0.509. The molecule has 2 amide bonds. The van der Waals surface area contributed by atoms with Crippen molar-refractivity contribution in [2.24, 2.45) is 0 Å². The summed E-state index contributed by atoms with van der Waals surface area (Å²) in [7, 11) is 0. The number of halogens is 4. The van der Waals surface area contributed by atoms with Crippen LogP contribution in [0.15, 0.2) is 66.7 Å². The van der Waals surface area contributed by atoms with E-state index in [9.17, 15) is 18.4 Å². The Bertz CT molecular complexity index is 1050. The first-order valence-electron chi connectivity index (χ1n) is 8.85. The highest BCUT2D eigenvalue weighted by Crippen LogP contribution is 2.17. The fourth-order valence-corrected chi connectivity index (χ4v) is 3.15. The Morgan fingerprint density at radius 2 is 1.53 bits per heavy atom. The third-order valence-corrected chi connectivity index (χ3v) is 4.60. The van der Waals surface area contributed by atoms with Crippen molar-refractivity contribution < 1.29 is 18.4 Å². The molecule has 0 atom stereocenters. The van der Waals surface area contributed by atoms with Gasteiger partial charge in [-0.2, -0.15) is 0 Å². The Hall–Kier alpha value is -2.96. The molecule has 0 bridgehead atoms. The van der Waals surface area contributed by atoms with E-state index in [2.05, 4.69) is 5.32 Å². The molecular weight excluding hydrogens is 433 g/mol. The Morgan fingerprint density at radius 3 is 2.17 bits per heavy atom. The Labute approximate surface area is 182 Å². The highest BCUT2D eigenvalue weighted by Gasteiger charge is 2.20. The number of anilines is 1. The van der Waals surface area contributed by atoms with Crippen LogP contribution in [0.3, 0.4) is 0 Å². The van der Waals surface area contributed by atoms with Crippen LogP contribution in [-0.2, 0) is 11.3 Å². The molecule has 0 heterocycles. The molecule has 0 aliphatic heterocycles. The normalized spacial score (nSPS) is 10.5. The summed E-state index contributed by atoms with van der Waals surface area (Å²) < 4.78 is 27.2. The molecular formula is C22H16Cl2F2N2O2. The van der Waals surface area contributed by atoms with E-state index in [4.69, 9.17) is 23.2 Å². The van der Waals surface area contributed by atoms with Crippen molar-refractivity contribution in [1.29, 1.82) is 0 Å². The molecule has 8 heteroatoms. The first-order valence-corrected chi connectivity index (χ1v) is 9.61. The topological polar surface area (TPSA) is 49.4 Å². The minimum Gasteiger partial charge on any atom is -0.325 e. The Balaban J connectivity index is 1.83. The molecule has 0 saturated heterocycles. The minimum atomic E-state index is -0.771. The van der Waals surface area contributed by atoms with E-state index in [1.54, 1.807) is 36.4 Å². The molecule has 0 radical (unpaired) electrons. The monoisotopic (exact) mass is 448 g/mol. The van der Waals surface area contributed by atoms with Crippen molar-refractivity contribution in [1.82, 2.24) is 4.90 Å². The van der Waals surface area contributed by atoms with Gasteiger partial charge >= 0.3 is 0 Å². The molecule has 0 fully saturated rings. The van der Waals surface area contributed by atoms with E-state index in [1.807, 2.05) is 0 Å². The van der Waals surface area contributed by atoms with E-state index in [-0.39, 0.29) is 24.2 Å². The standard InChI is InChI=1S/C22H16Cl2F2N2O2/c23-16-6-4-15(5-7-16)22(30)28(12-14-8-18(25)11-19(26)9-14)13-21(29)27-20-3-1-2-17(24)10-20/h1-11H,12-13H2,(H,27,29). The van der Waals surface area contributed by atoms with Crippen molar-refractivity contribution in [2.45, 2.75) is 6.54 Å². The molecule has 30 heavy (non-hydrogen) atoms. The van der Waals surface area contributed by atoms with Crippen LogP contribution < -0.4 is 5.32 Å². The first-order chi connectivity index (χ1) is 14.3. The van der Waals surface area contributed by atoms with Gasteiger partial charge in [-0.3, -0.25) is 9.59 Å². The number of carbonyl (C=O) groups is 2. The maximum absolute atomic E-state index is 13.6. The number of hydrogen-bond acceptors (Lipinski definition) is 2. The van der Waals surface area contributed by atoms with Crippen molar-refractivity contribution >= 4 is 40.7 Å². The summed E-state index contributed by atoms with van der Waals surface area (Å²) in [5, 5.41) is 3.54. The average Bonchev–Trinajstić information content (AvgIpc) is 2.66. The van der Waals surface area contributed by atoms with Crippen LogP contribution in [0.5, 0.6) is 0 Å². The van der Waals surface area contributed by atoms with Gasteiger partial charge in [-0.25, -0.2) is 8.78 Å². The summed E-state index contributed by atoms with van der Waals surface area (Å²) in [6.07, 6.45) is 0. The van der Waals surface area contributed by atoms with Gasteiger partial charge in [-0.15, -0.1) is 0 Å². The van der Waals surface area contributed by atoms with Gasteiger partial charge < -0.3 is 10.2 Å². The lowest BCUT2D eigenvalue weighted by Gasteiger charge is -2.23. The molecule has 1 N–H and O–H groups in total. The second-order valence-corrected chi connectivity index (χ2v) is 7.38. The quantitative estimate of drug-likeness (QED) is 0.537. The fraction of sp³-hybridized carbons (Fsp3) is 0.0909. The fourth-order valence-electron chi connectivity index (χ4n) is 2.84. The van der Waals surface area contributed by atoms with Gasteiger partial charge in [-0.1, -0.05) is 29.3 Å². The lowest BCUT2D eigenvalue weighted by atomic mass is 10.1. The van der Waals surface area contributed by atoms with E-state index in [1.165, 1.54) is 17.0 Å². The van der Waals surface area contributed by atoms with Crippen molar-refractivity contribution in [2.75, 3.05) is 11.9 Å². The number of nitrogens with one attached hydrogen (secondary N) is 1. The van der Waals surface area contributed by atoms with Crippen molar-refractivity contribution in [3.05, 3.63) is 99.5 Å². The number of benzene rings is 3. The predicted molar refractivity (Wildman–Crippen MR) is 113 cm³/mol. The SMILES string of the molecule is O=C(CN(Cc1cc(F)cc(F)c1)C(=O)c1ccc(Cl)cc1)Nc1cccc(Cl)c1. The second kappa shape index (κ2) is 9.69. The van der Waals surface area contributed by atoms with E-state index < -0.39 is 23.4 Å². The maximum Gasteiger partial charge on any atom is 0.254 e. The van der Waals surface area contributed by atoms with Crippen LogP contribution >= 0.6 is 23.2 Å². The van der Waals surface area contributed by atoms with E-state index >= 15 is 0 Å².